The lowest BCUT2D eigenvalue weighted by molar-refractivity contribution is 0.195. The first-order valence-corrected chi connectivity index (χ1v) is 9.11. The maximum Gasteiger partial charge on any atom is 0.243 e. The molecule has 1 aliphatic rings. The Balaban J connectivity index is 1.86. The molecular formula is C20H20N6O3. The molecule has 9 heteroatoms. The van der Waals surface area contributed by atoms with Gasteiger partial charge in [0.1, 0.15) is 42.4 Å². The molecule has 0 unspecified atom stereocenters. The molecule has 4 rings (SSSR count). The summed E-state index contributed by atoms with van der Waals surface area (Å²) >= 11 is 0. The number of benzene rings is 1. The Kier molecular flexibility index (Phi) is 4.68. The van der Waals surface area contributed by atoms with Crippen LogP contribution in [0.1, 0.15) is 29.8 Å². The largest absolute Gasteiger partial charge is 0.490 e. The number of nitrogen functional groups attached to an aromatic ring is 1. The average Bonchev–Trinajstić information content (AvgIpc) is 3.02. The summed E-state index contributed by atoms with van der Waals surface area (Å²) in [4.78, 5) is 0. The number of nitrogens with zero attached hydrogens (tertiary/aromatic N) is 5. The molecule has 0 saturated carbocycles. The van der Waals surface area contributed by atoms with Crippen LogP contribution in [-0.4, -0.2) is 33.2 Å². The summed E-state index contributed by atoms with van der Waals surface area (Å²) in [5.41, 5.74) is 9.11. The van der Waals surface area contributed by atoms with E-state index >= 15 is 0 Å². The summed E-state index contributed by atoms with van der Waals surface area (Å²) in [6, 6.07) is 9.67. The van der Waals surface area contributed by atoms with Gasteiger partial charge in [0.2, 0.25) is 5.88 Å². The lowest BCUT2D eigenvalue weighted by atomic mass is 10.1. The van der Waals surface area contributed by atoms with Gasteiger partial charge in [-0.2, -0.15) is 5.26 Å². The number of hydrogen-bond donors (Lipinski definition) is 1. The Bertz CT molecular complexity index is 1120. The van der Waals surface area contributed by atoms with Gasteiger partial charge in [0.25, 0.3) is 0 Å². The fourth-order valence-electron chi connectivity index (χ4n) is 3.22. The van der Waals surface area contributed by atoms with E-state index in [9.17, 15) is 5.26 Å². The third kappa shape index (κ3) is 3.40. The predicted molar refractivity (Wildman–Crippen MR) is 105 cm³/mol. The van der Waals surface area contributed by atoms with Crippen LogP contribution in [0.15, 0.2) is 24.3 Å². The van der Waals surface area contributed by atoms with Gasteiger partial charge >= 0.3 is 0 Å². The van der Waals surface area contributed by atoms with Gasteiger partial charge in [0.15, 0.2) is 17.3 Å². The van der Waals surface area contributed by atoms with Crippen molar-refractivity contribution in [3.63, 3.8) is 0 Å². The molecule has 148 valence electrons. The van der Waals surface area contributed by atoms with Crippen LogP contribution in [-0.2, 0) is 7.05 Å². The molecule has 9 nitrogen and oxygen atoms in total. The Morgan fingerprint density at radius 1 is 1.17 bits per heavy atom. The van der Waals surface area contributed by atoms with Crippen molar-refractivity contribution < 1.29 is 14.2 Å². The van der Waals surface area contributed by atoms with Gasteiger partial charge < -0.3 is 19.9 Å². The third-order valence-electron chi connectivity index (χ3n) is 4.65. The zero-order valence-electron chi connectivity index (χ0n) is 16.3. The molecule has 1 atom stereocenters. The number of aryl methyl sites for hydroxylation is 2. The van der Waals surface area contributed by atoms with Crippen molar-refractivity contribution in [2.24, 2.45) is 7.05 Å². The minimum Gasteiger partial charge on any atom is -0.490 e. The van der Waals surface area contributed by atoms with E-state index in [-0.39, 0.29) is 24.4 Å². The molecule has 0 amide bonds. The highest BCUT2D eigenvalue weighted by Gasteiger charge is 2.24. The molecule has 0 saturated heterocycles. The Labute approximate surface area is 167 Å². The van der Waals surface area contributed by atoms with Gasteiger partial charge in [-0.25, -0.2) is 0 Å². The molecule has 2 aromatic heterocycles. The number of nitriles is 1. The van der Waals surface area contributed by atoms with Gasteiger partial charge in [-0.15, -0.1) is 15.3 Å². The minimum atomic E-state index is -0.352. The number of ether oxygens (including phenoxy) is 3. The van der Waals surface area contributed by atoms with E-state index in [1.165, 1.54) is 4.68 Å². The minimum absolute atomic E-state index is 0.149. The molecule has 0 radical (unpaired) electrons. The number of fused-ring (bicyclic) bond motifs is 5. The number of hydrogen-bond acceptors (Lipinski definition) is 8. The van der Waals surface area contributed by atoms with Crippen molar-refractivity contribution in [2.75, 3.05) is 18.9 Å². The van der Waals surface area contributed by atoms with Gasteiger partial charge in [0.05, 0.1) is 0 Å². The van der Waals surface area contributed by atoms with Crippen LogP contribution in [0.3, 0.4) is 0 Å². The summed E-state index contributed by atoms with van der Waals surface area (Å²) in [5, 5.41) is 22.0. The SMILES string of the molecule is Cc1ccc2c(c1)[C@@H](C)Oc1cc(nnc1N)-c1c(nn(C)c1C#N)OCCO2. The van der Waals surface area contributed by atoms with E-state index in [0.717, 1.165) is 11.1 Å². The Morgan fingerprint density at radius 2 is 1.97 bits per heavy atom. The summed E-state index contributed by atoms with van der Waals surface area (Å²) in [6.45, 7) is 4.45. The zero-order chi connectivity index (χ0) is 20.5. The zero-order valence-corrected chi connectivity index (χ0v) is 16.3. The van der Waals surface area contributed by atoms with E-state index in [1.807, 2.05) is 32.0 Å². The van der Waals surface area contributed by atoms with Crippen LogP contribution < -0.4 is 19.9 Å². The molecule has 0 aliphatic carbocycles. The second-order valence-electron chi connectivity index (χ2n) is 6.74. The lowest BCUT2D eigenvalue weighted by Crippen LogP contribution is -2.12. The molecule has 1 aromatic carbocycles. The highest BCUT2D eigenvalue weighted by Crippen LogP contribution is 2.37. The predicted octanol–water partition coefficient (Wildman–Crippen LogP) is 2.55. The van der Waals surface area contributed by atoms with Gasteiger partial charge in [-0.05, 0) is 26.0 Å². The van der Waals surface area contributed by atoms with Crippen molar-refractivity contribution in [1.82, 2.24) is 20.0 Å². The maximum atomic E-state index is 9.57. The molecule has 29 heavy (non-hydrogen) atoms. The van der Waals surface area contributed by atoms with Crippen molar-refractivity contribution in [3.8, 4) is 34.7 Å². The number of aromatic nitrogens is 4. The van der Waals surface area contributed by atoms with E-state index in [4.69, 9.17) is 19.9 Å². The lowest BCUT2D eigenvalue weighted by Gasteiger charge is -2.19. The molecule has 3 aromatic rings. The van der Waals surface area contributed by atoms with E-state index in [2.05, 4.69) is 21.4 Å². The molecule has 1 aliphatic heterocycles. The first-order chi connectivity index (χ1) is 14.0. The topological polar surface area (TPSA) is 121 Å². The quantitative estimate of drug-likeness (QED) is 0.619. The van der Waals surface area contributed by atoms with Crippen LogP contribution >= 0.6 is 0 Å². The van der Waals surface area contributed by atoms with Crippen LogP contribution in [0.5, 0.6) is 17.4 Å². The summed E-state index contributed by atoms with van der Waals surface area (Å²) in [6.07, 6.45) is -0.352. The fourth-order valence-corrected chi connectivity index (χ4v) is 3.22. The van der Waals surface area contributed by atoms with Crippen molar-refractivity contribution in [2.45, 2.75) is 20.0 Å². The van der Waals surface area contributed by atoms with Crippen molar-refractivity contribution >= 4 is 5.82 Å². The summed E-state index contributed by atoms with van der Waals surface area (Å²) in [5.74, 6) is 1.48. The highest BCUT2D eigenvalue weighted by molar-refractivity contribution is 5.73. The molecule has 2 N–H and O–H groups in total. The van der Waals surface area contributed by atoms with Gasteiger partial charge in [-0.1, -0.05) is 11.6 Å². The van der Waals surface area contributed by atoms with Gasteiger partial charge in [0, 0.05) is 18.7 Å². The number of anilines is 1. The van der Waals surface area contributed by atoms with Crippen LogP contribution in [0.2, 0.25) is 0 Å². The highest BCUT2D eigenvalue weighted by atomic mass is 16.5. The van der Waals surface area contributed by atoms with Crippen LogP contribution in [0.4, 0.5) is 5.82 Å². The molecule has 2 bridgehead atoms. The maximum absolute atomic E-state index is 9.57. The molecule has 0 spiro atoms. The molecule has 0 fully saturated rings. The van der Waals surface area contributed by atoms with E-state index in [0.29, 0.717) is 35.1 Å². The Morgan fingerprint density at radius 3 is 2.76 bits per heavy atom. The number of nitrogens with two attached hydrogens (primary N) is 1. The first kappa shape index (κ1) is 18.6. The standard InChI is InChI=1S/C20H20N6O3/c1-11-4-5-16-13(8-11)12(2)29-17-9-14(23-24-19(17)22)18-15(10-21)26(3)25-20(18)28-7-6-27-16/h4-5,8-9,12H,6-7H2,1-3H3,(H2,22,24)/t12-/m1/s1. The fraction of sp³-hybridized carbons (Fsp3) is 0.300. The van der Waals surface area contributed by atoms with Crippen LogP contribution in [0.25, 0.3) is 11.3 Å². The Hall–Kier alpha value is -3.80. The summed E-state index contributed by atoms with van der Waals surface area (Å²) < 4.78 is 19.3. The second kappa shape index (κ2) is 7.31. The van der Waals surface area contributed by atoms with Crippen LogP contribution in [0, 0.1) is 18.3 Å². The van der Waals surface area contributed by atoms with Gasteiger partial charge in [-0.3, -0.25) is 4.68 Å². The normalized spacial score (nSPS) is 15.7. The van der Waals surface area contributed by atoms with E-state index in [1.54, 1.807) is 13.1 Å². The van der Waals surface area contributed by atoms with Crippen molar-refractivity contribution in [3.05, 3.63) is 41.1 Å². The first-order valence-electron chi connectivity index (χ1n) is 9.11. The molecular weight excluding hydrogens is 372 g/mol. The smallest absolute Gasteiger partial charge is 0.243 e. The third-order valence-corrected chi connectivity index (χ3v) is 4.65. The monoisotopic (exact) mass is 392 g/mol. The number of rotatable bonds is 0. The molecule has 3 heterocycles. The average molecular weight is 392 g/mol. The summed E-state index contributed by atoms with van der Waals surface area (Å²) in [7, 11) is 1.66. The van der Waals surface area contributed by atoms with Crippen molar-refractivity contribution in [1.29, 1.82) is 5.26 Å². The van der Waals surface area contributed by atoms with E-state index < -0.39 is 0 Å². The second-order valence-corrected chi connectivity index (χ2v) is 6.74.